The number of benzene rings is 1. The monoisotopic (exact) mass is 532 g/mol. The summed E-state index contributed by atoms with van der Waals surface area (Å²) in [5.74, 6) is -0.126. The number of rotatable bonds is 11. The molecule has 3 aromatic rings. The third-order valence-corrected chi connectivity index (χ3v) is 6.70. The third-order valence-electron chi connectivity index (χ3n) is 6.70. The van der Waals surface area contributed by atoms with Crippen LogP contribution in [-0.2, 0) is 27.2 Å². The molecule has 2 heterocycles. The number of carbonyl (C=O) groups excluding carboxylic acids is 2. The molecule has 1 atom stereocenters. The zero-order chi connectivity index (χ0) is 27.1. The zero-order valence-electron chi connectivity index (χ0n) is 21.2. The van der Waals surface area contributed by atoms with Crippen molar-refractivity contribution in [2.45, 2.75) is 57.3 Å². The first-order valence-electron chi connectivity index (χ1n) is 12.7. The van der Waals surface area contributed by atoms with Crippen molar-refractivity contribution in [1.29, 1.82) is 0 Å². The van der Waals surface area contributed by atoms with Gasteiger partial charge in [-0.05, 0) is 48.7 Å². The number of Topliss-reactive ketones (excluding diaryl/α,β-unsaturated/α-hetero) is 1. The smallest absolute Gasteiger partial charge is 0.411 e. The minimum Gasteiger partial charge on any atom is -0.492 e. The molecule has 0 unspecified atom stereocenters. The molecule has 0 radical (unpaired) electrons. The summed E-state index contributed by atoms with van der Waals surface area (Å²) < 4.78 is 54.6. The van der Waals surface area contributed by atoms with Crippen LogP contribution in [0.2, 0.25) is 0 Å². The van der Waals surface area contributed by atoms with Gasteiger partial charge in [0.05, 0.1) is 13.7 Å². The highest BCUT2D eigenvalue weighted by molar-refractivity contribution is 5.97. The van der Waals surface area contributed by atoms with Crippen LogP contribution in [-0.4, -0.2) is 53.9 Å². The van der Waals surface area contributed by atoms with E-state index >= 15 is 0 Å². The highest BCUT2D eigenvalue weighted by atomic mass is 19.4. The summed E-state index contributed by atoms with van der Waals surface area (Å²) in [5, 5.41) is 0.947. The topological polar surface area (TPSA) is 79.7 Å². The molecule has 0 spiro atoms. The van der Waals surface area contributed by atoms with Gasteiger partial charge in [0, 0.05) is 23.9 Å². The fraction of sp³-hybridized carbons (Fsp3) is 0.464. The predicted octanol–water partition coefficient (Wildman–Crippen LogP) is 5.54. The summed E-state index contributed by atoms with van der Waals surface area (Å²) in [6, 6.07) is 12.4. The molecule has 0 amide bonds. The average molecular weight is 533 g/mol. The zero-order valence-corrected chi connectivity index (χ0v) is 21.2. The standard InChI is InChI=1S/C28H31F3N2O5/c1-36-27(35)24(38-18-28(29,30)31)17-19-7-10-22(11-8-19)37-16-15-33-14-13-21-9-12-23(32-26(21)33)25(34)20-5-3-2-4-6-20/h7-14,20,24H,2-6,15-18H2,1H3/t24-/m0/s1. The van der Waals surface area contributed by atoms with Gasteiger partial charge in [-0.15, -0.1) is 0 Å². The Bertz CT molecular complexity index is 1230. The normalized spacial score (nSPS) is 15.4. The molecule has 0 N–H and O–H groups in total. The summed E-state index contributed by atoms with van der Waals surface area (Å²) in [6.07, 6.45) is 1.16. The highest BCUT2D eigenvalue weighted by Gasteiger charge is 2.32. The fourth-order valence-corrected chi connectivity index (χ4v) is 4.69. The second-order valence-corrected chi connectivity index (χ2v) is 9.45. The Balaban J connectivity index is 1.33. The van der Waals surface area contributed by atoms with Gasteiger partial charge in [0.15, 0.2) is 11.9 Å². The number of halogens is 3. The lowest BCUT2D eigenvalue weighted by Crippen LogP contribution is -2.32. The van der Waals surface area contributed by atoms with Crippen LogP contribution < -0.4 is 4.74 Å². The molecule has 4 rings (SSSR count). The van der Waals surface area contributed by atoms with Gasteiger partial charge in [0.25, 0.3) is 0 Å². The van der Waals surface area contributed by atoms with E-state index in [9.17, 15) is 22.8 Å². The lowest BCUT2D eigenvalue weighted by Gasteiger charge is -2.19. The number of methoxy groups -OCH3 is 1. The third kappa shape index (κ3) is 7.34. The maximum Gasteiger partial charge on any atom is 0.411 e. The van der Waals surface area contributed by atoms with Crippen LogP contribution in [0.3, 0.4) is 0 Å². The van der Waals surface area contributed by atoms with E-state index in [0.717, 1.165) is 43.8 Å². The SMILES string of the molecule is COC(=O)[C@H](Cc1ccc(OCCn2ccc3ccc(C(=O)C4CCCCC4)nc32)cc1)OCC(F)(F)F. The molecule has 1 aromatic carbocycles. The summed E-state index contributed by atoms with van der Waals surface area (Å²) in [6.45, 7) is -0.687. The molecule has 2 aromatic heterocycles. The molecular formula is C28H31F3N2O5. The quantitative estimate of drug-likeness (QED) is 0.238. The summed E-state index contributed by atoms with van der Waals surface area (Å²) in [7, 11) is 1.10. The van der Waals surface area contributed by atoms with Crippen molar-refractivity contribution in [2.75, 3.05) is 20.3 Å². The number of esters is 1. The number of hydrogen-bond donors (Lipinski definition) is 0. The highest BCUT2D eigenvalue weighted by Crippen LogP contribution is 2.27. The number of fused-ring (bicyclic) bond motifs is 1. The van der Waals surface area contributed by atoms with Crippen LogP contribution in [0.1, 0.15) is 48.2 Å². The number of carbonyl (C=O) groups is 2. The van der Waals surface area contributed by atoms with Gasteiger partial charge in [0.2, 0.25) is 0 Å². The molecule has 38 heavy (non-hydrogen) atoms. The van der Waals surface area contributed by atoms with Crippen LogP contribution in [0.4, 0.5) is 13.2 Å². The molecule has 1 aliphatic carbocycles. The molecule has 1 aliphatic rings. The first-order valence-corrected chi connectivity index (χ1v) is 12.7. The maximum atomic E-state index is 12.9. The lowest BCUT2D eigenvalue weighted by atomic mass is 9.85. The number of ether oxygens (including phenoxy) is 3. The Morgan fingerprint density at radius 3 is 2.47 bits per heavy atom. The van der Waals surface area contributed by atoms with Crippen molar-refractivity contribution in [3.8, 4) is 5.75 Å². The van der Waals surface area contributed by atoms with Gasteiger partial charge < -0.3 is 18.8 Å². The van der Waals surface area contributed by atoms with Crippen molar-refractivity contribution < 1.29 is 37.0 Å². The fourth-order valence-electron chi connectivity index (χ4n) is 4.69. The van der Waals surface area contributed by atoms with E-state index in [1.54, 1.807) is 30.3 Å². The van der Waals surface area contributed by atoms with E-state index in [-0.39, 0.29) is 18.1 Å². The van der Waals surface area contributed by atoms with E-state index in [2.05, 4.69) is 9.72 Å². The lowest BCUT2D eigenvalue weighted by molar-refractivity contribution is -0.193. The molecule has 204 valence electrons. The average Bonchev–Trinajstić information content (AvgIpc) is 3.33. The molecule has 0 aliphatic heterocycles. The Morgan fingerprint density at radius 2 is 1.79 bits per heavy atom. The van der Waals surface area contributed by atoms with Gasteiger partial charge >= 0.3 is 12.1 Å². The predicted molar refractivity (Wildman–Crippen MR) is 134 cm³/mol. The summed E-state index contributed by atoms with van der Waals surface area (Å²) in [5.41, 5.74) is 1.84. The maximum absolute atomic E-state index is 12.9. The van der Waals surface area contributed by atoms with E-state index in [1.807, 2.05) is 22.9 Å². The Hall–Kier alpha value is -3.40. The van der Waals surface area contributed by atoms with Crippen molar-refractivity contribution >= 4 is 22.8 Å². The number of aromatic nitrogens is 2. The van der Waals surface area contributed by atoms with Crippen LogP contribution in [0.5, 0.6) is 5.75 Å². The Morgan fingerprint density at radius 1 is 1.05 bits per heavy atom. The molecular weight excluding hydrogens is 501 g/mol. The van der Waals surface area contributed by atoms with Crippen LogP contribution >= 0.6 is 0 Å². The van der Waals surface area contributed by atoms with E-state index in [1.165, 1.54) is 6.42 Å². The van der Waals surface area contributed by atoms with E-state index in [4.69, 9.17) is 9.47 Å². The van der Waals surface area contributed by atoms with Crippen LogP contribution in [0, 0.1) is 5.92 Å². The Labute approximate surface area is 218 Å². The van der Waals surface area contributed by atoms with Crippen LogP contribution in [0.15, 0.2) is 48.7 Å². The summed E-state index contributed by atoms with van der Waals surface area (Å²) in [4.78, 5) is 29.4. The van der Waals surface area contributed by atoms with E-state index in [0.29, 0.717) is 30.2 Å². The number of alkyl halides is 3. The van der Waals surface area contributed by atoms with Crippen molar-refractivity contribution in [3.63, 3.8) is 0 Å². The minimum atomic E-state index is -4.54. The Kier molecular flexibility index (Phi) is 9.04. The van der Waals surface area contributed by atoms with Crippen molar-refractivity contribution in [1.82, 2.24) is 9.55 Å². The number of ketones is 1. The summed E-state index contributed by atoms with van der Waals surface area (Å²) >= 11 is 0. The number of hydrogen-bond acceptors (Lipinski definition) is 6. The number of pyridine rings is 1. The first kappa shape index (κ1) is 27.6. The number of nitrogens with zero attached hydrogens (tertiary/aromatic N) is 2. The second kappa shape index (κ2) is 12.4. The molecule has 1 fully saturated rings. The van der Waals surface area contributed by atoms with Gasteiger partial charge in [0.1, 0.15) is 30.3 Å². The molecule has 0 saturated heterocycles. The first-order chi connectivity index (χ1) is 18.2. The van der Waals surface area contributed by atoms with Crippen molar-refractivity contribution in [3.05, 3.63) is 59.9 Å². The van der Waals surface area contributed by atoms with Crippen LogP contribution in [0.25, 0.3) is 11.0 Å². The van der Waals surface area contributed by atoms with Gasteiger partial charge in [-0.2, -0.15) is 13.2 Å². The molecule has 10 heteroatoms. The van der Waals surface area contributed by atoms with E-state index < -0.39 is 24.9 Å². The molecule has 1 saturated carbocycles. The minimum absolute atomic E-state index is 0.0579. The molecule has 0 bridgehead atoms. The van der Waals surface area contributed by atoms with Gasteiger partial charge in [-0.25, -0.2) is 9.78 Å². The van der Waals surface area contributed by atoms with Gasteiger partial charge in [-0.1, -0.05) is 31.4 Å². The largest absolute Gasteiger partial charge is 0.492 e. The van der Waals surface area contributed by atoms with Crippen molar-refractivity contribution in [2.24, 2.45) is 5.92 Å². The second-order valence-electron chi connectivity index (χ2n) is 9.45. The van der Waals surface area contributed by atoms with Gasteiger partial charge in [-0.3, -0.25) is 4.79 Å². The molecule has 7 nitrogen and oxygen atoms in total.